The number of anilines is 1. The molecular weight excluding hydrogens is 256 g/mol. The molecule has 2 aromatic rings. The predicted molar refractivity (Wildman–Crippen MR) is 76.0 cm³/mol. The van der Waals surface area contributed by atoms with Crippen molar-refractivity contribution in [3.05, 3.63) is 47.2 Å². The lowest BCUT2D eigenvalue weighted by Gasteiger charge is -2.12. The Morgan fingerprint density at radius 2 is 2.00 bits per heavy atom. The number of aromatic nitrogens is 1. The summed E-state index contributed by atoms with van der Waals surface area (Å²) in [7, 11) is 1.30. The number of carbonyl (C=O) groups is 1. The minimum atomic E-state index is -0.518. The van der Waals surface area contributed by atoms with Gasteiger partial charge in [-0.25, -0.2) is 9.78 Å². The van der Waals surface area contributed by atoms with Crippen LogP contribution < -0.4 is 10.5 Å². The minimum absolute atomic E-state index is 0.167. The molecule has 0 aliphatic rings. The Balaban J connectivity index is 2.39. The second-order valence-electron chi connectivity index (χ2n) is 4.37. The number of nitrogen functional groups attached to an aromatic ring is 1. The molecule has 0 spiro atoms. The number of hydrogen-bond donors (Lipinski definition) is 1. The van der Waals surface area contributed by atoms with Gasteiger partial charge in [0, 0.05) is 6.20 Å². The number of ether oxygens (including phenoxy) is 2. The molecule has 0 saturated heterocycles. The van der Waals surface area contributed by atoms with Gasteiger partial charge in [-0.2, -0.15) is 0 Å². The highest BCUT2D eigenvalue weighted by atomic mass is 16.5. The molecule has 0 aliphatic heterocycles. The molecular formula is C15H16N2O3. The van der Waals surface area contributed by atoms with Crippen LogP contribution in [0.3, 0.4) is 0 Å². The number of pyridine rings is 1. The number of nitrogens with two attached hydrogens (primary N) is 1. The number of benzene rings is 1. The van der Waals surface area contributed by atoms with Crippen molar-refractivity contribution in [1.29, 1.82) is 0 Å². The van der Waals surface area contributed by atoms with Gasteiger partial charge in [0.25, 0.3) is 0 Å². The maximum atomic E-state index is 11.6. The van der Waals surface area contributed by atoms with E-state index in [4.69, 9.17) is 10.5 Å². The molecule has 2 rings (SSSR count). The van der Waals surface area contributed by atoms with Crippen molar-refractivity contribution in [2.75, 3.05) is 12.8 Å². The quantitative estimate of drug-likeness (QED) is 0.869. The number of nitrogens with zero attached hydrogens (tertiary/aromatic N) is 1. The smallest absolute Gasteiger partial charge is 0.340 e. The average Bonchev–Trinajstić information content (AvgIpc) is 2.45. The Morgan fingerprint density at radius 1 is 1.25 bits per heavy atom. The van der Waals surface area contributed by atoms with Crippen LogP contribution in [-0.2, 0) is 4.74 Å². The van der Waals surface area contributed by atoms with E-state index in [0.29, 0.717) is 5.75 Å². The molecule has 0 aliphatic carbocycles. The fourth-order valence-corrected chi connectivity index (χ4v) is 1.76. The monoisotopic (exact) mass is 272 g/mol. The first-order chi connectivity index (χ1) is 9.54. The molecule has 0 fully saturated rings. The lowest BCUT2D eigenvalue weighted by atomic mass is 10.1. The standard InChI is InChI=1S/C15H16N2O3/c1-9-5-4-6-12(10(9)2)20-14-13(16)11(7-8-17-14)15(18)19-3/h4-8H,16H2,1-3H3. The zero-order chi connectivity index (χ0) is 14.7. The Bertz CT molecular complexity index is 654. The summed E-state index contributed by atoms with van der Waals surface area (Å²) in [5.41, 5.74) is 8.41. The van der Waals surface area contributed by atoms with Gasteiger partial charge in [0.2, 0.25) is 5.88 Å². The second-order valence-corrected chi connectivity index (χ2v) is 4.37. The van der Waals surface area contributed by atoms with Crippen molar-refractivity contribution in [3.63, 3.8) is 0 Å². The van der Waals surface area contributed by atoms with Gasteiger partial charge in [0.05, 0.1) is 12.7 Å². The van der Waals surface area contributed by atoms with Crippen LogP contribution in [0.1, 0.15) is 21.5 Å². The molecule has 20 heavy (non-hydrogen) atoms. The van der Waals surface area contributed by atoms with Crippen molar-refractivity contribution in [3.8, 4) is 11.6 Å². The first kappa shape index (κ1) is 13.9. The van der Waals surface area contributed by atoms with Gasteiger partial charge in [-0.3, -0.25) is 0 Å². The van der Waals surface area contributed by atoms with E-state index in [9.17, 15) is 4.79 Å². The largest absolute Gasteiger partial charge is 0.465 e. The molecule has 5 heteroatoms. The van der Waals surface area contributed by atoms with E-state index in [1.165, 1.54) is 19.4 Å². The molecule has 0 unspecified atom stereocenters. The number of hydrogen-bond acceptors (Lipinski definition) is 5. The van der Waals surface area contributed by atoms with Gasteiger partial charge in [-0.1, -0.05) is 12.1 Å². The van der Waals surface area contributed by atoms with Crippen LogP contribution >= 0.6 is 0 Å². The highest BCUT2D eigenvalue weighted by Gasteiger charge is 2.16. The van der Waals surface area contributed by atoms with Gasteiger partial charge < -0.3 is 15.2 Å². The molecule has 1 aromatic heterocycles. The fourth-order valence-electron chi connectivity index (χ4n) is 1.76. The third kappa shape index (κ3) is 2.56. The summed E-state index contributed by atoms with van der Waals surface area (Å²) in [4.78, 5) is 15.6. The van der Waals surface area contributed by atoms with Crippen molar-refractivity contribution < 1.29 is 14.3 Å². The first-order valence-electron chi connectivity index (χ1n) is 6.11. The molecule has 104 valence electrons. The number of methoxy groups -OCH3 is 1. The van der Waals surface area contributed by atoms with Crippen LogP contribution in [0.2, 0.25) is 0 Å². The van der Waals surface area contributed by atoms with Crippen molar-refractivity contribution in [2.24, 2.45) is 0 Å². The molecule has 0 radical (unpaired) electrons. The number of carbonyl (C=O) groups excluding carboxylic acids is 1. The SMILES string of the molecule is COC(=O)c1ccnc(Oc2cccc(C)c2C)c1N. The van der Waals surface area contributed by atoms with E-state index in [0.717, 1.165) is 11.1 Å². The van der Waals surface area contributed by atoms with E-state index in [2.05, 4.69) is 9.72 Å². The van der Waals surface area contributed by atoms with Gasteiger partial charge >= 0.3 is 5.97 Å². The van der Waals surface area contributed by atoms with Crippen molar-refractivity contribution >= 4 is 11.7 Å². The number of rotatable bonds is 3. The maximum absolute atomic E-state index is 11.6. The summed E-state index contributed by atoms with van der Waals surface area (Å²) in [6.07, 6.45) is 1.46. The zero-order valence-corrected chi connectivity index (χ0v) is 11.6. The van der Waals surface area contributed by atoms with E-state index in [1.54, 1.807) is 0 Å². The summed E-state index contributed by atoms with van der Waals surface area (Å²) in [6, 6.07) is 7.20. The third-order valence-corrected chi connectivity index (χ3v) is 3.12. The van der Waals surface area contributed by atoms with Gasteiger partial charge in [-0.05, 0) is 37.1 Å². The number of esters is 1. The van der Waals surface area contributed by atoms with E-state index in [-0.39, 0.29) is 17.1 Å². The van der Waals surface area contributed by atoms with Crippen molar-refractivity contribution in [1.82, 2.24) is 4.98 Å². The van der Waals surface area contributed by atoms with Crippen LogP contribution in [0.15, 0.2) is 30.5 Å². The van der Waals surface area contributed by atoms with Crippen LogP contribution in [0.4, 0.5) is 5.69 Å². The molecule has 1 aromatic carbocycles. The Kier molecular flexibility index (Phi) is 3.89. The topological polar surface area (TPSA) is 74.4 Å². The van der Waals surface area contributed by atoms with E-state index < -0.39 is 5.97 Å². The minimum Gasteiger partial charge on any atom is -0.465 e. The van der Waals surface area contributed by atoms with Crippen LogP contribution in [0, 0.1) is 13.8 Å². The summed E-state index contributed by atoms with van der Waals surface area (Å²) in [6.45, 7) is 3.94. The molecule has 1 heterocycles. The predicted octanol–water partition coefficient (Wildman–Crippen LogP) is 2.86. The highest BCUT2D eigenvalue weighted by molar-refractivity contribution is 5.96. The fraction of sp³-hybridized carbons (Fsp3) is 0.200. The highest BCUT2D eigenvalue weighted by Crippen LogP contribution is 2.30. The molecule has 5 nitrogen and oxygen atoms in total. The maximum Gasteiger partial charge on any atom is 0.340 e. The summed E-state index contributed by atoms with van der Waals surface area (Å²) >= 11 is 0. The van der Waals surface area contributed by atoms with Gasteiger partial charge in [0.15, 0.2) is 0 Å². The Hall–Kier alpha value is -2.56. The van der Waals surface area contributed by atoms with Crippen molar-refractivity contribution in [2.45, 2.75) is 13.8 Å². The van der Waals surface area contributed by atoms with Crippen LogP contribution in [0.25, 0.3) is 0 Å². The molecule has 0 atom stereocenters. The lowest BCUT2D eigenvalue weighted by Crippen LogP contribution is -2.07. The molecule has 0 amide bonds. The van der Waals surface area contributed by atoms with Gasteiger partial charge in [-0.15, -0.1) is 0 Å². The first-order valence-corrected chi connectivity index (χ1v) is 6.11. The molecule has 2 N–H and O–H groups in total. The third-order valence-electron chi connectivity index (χ3n) is 3.12. The summed E-state index contributed by atoms with van der Waals surface area (Å²) < 4.78 is 10.4. The van der Waals surface area contributed by atoms with Crippen LogP contribution in [-0.4, -0.2) is 18.1 Å². The Labute approximate surface area is 117 Å². The lowest BCUT2D eigenvalue weighted by molar-refractivity contribution is 0.0601. The Morgan fingerprint density at radius 3 is 2.70 bits per heavy atom. The zero-order valence-electron chi connectivity index (χ0n) is 11.6. The molecule has 0 saturated carbocycles. The van der Waals surface area contributed by atoms with Gasteiger partial charge in [0.1, 0.15) is 11.4 Å². The van der Waals surface area contributed by atoms with Crippen LogP contribution in [0.5, 0.6) is 11.6 Å². The number of aryl methyl sites for hydroxylation is 1. The second kappa shape index (κ2) is 5.61. The summed E-state index contributed by atoms with van der Waals surface area (Å²) in [5.74, 6) is 0.337. The average molecular weight is 272 g/mol. The van der Waals surface area contributed by atoms with E-state index in [1.807, 2.05) is 32.0 Å². The van der Waals surface area contributed by atoms with E-state index >= 15 is 0 Å². The summed E-state index contributed by atoms with van der Waals surface area (Å²) in [5, 5.41) is 0. The molecule has 0 bridgehead atoms. The normalized spacial score (nSPS) is 10.2.